The summed E-state index contributed by atoms with van der Waals surface area (Å²) in [5, 5.41) is 3.62. The number of carbonyl (C=O) groups excluding carboxylic acids is 2. The molecule has 1 heterocycles. The molecule has 0 spiro atoms. The summed E-state index contributed by atoms with van der Waals surface area (Å²) in [6, 6.07) is 12.0. The van der Waals surface area contributed by atoms with Gasteiger partial charge in [0.2, 0.25) is 5.91 Å². The van der Waals surface area contributed by atoms with Crippen LogP contribution < -0.4 is 10.1 Å². The lowest BCUT2D eigenvalue weighted by molar-refractivity contribution is -0.134. The number of hydrogen-bond donors (Lipinski definition) is 1. The zero-order valence-electron chi connectivity index (χ0n) is 16.0. The second-order valence-electron chi connectivity index (χ2n) is 6.69. The number of benzene rings is 2. The fourth-order valence-corrected chi connectivity index (χ4v) is 3.32. The molecule has 1 unspecified atom stereocenters. The molecule has 29 heavy (non-hydrogen) atoms. The van der Waals surface area contributed by atoms with Gasteiger partial charge in [-0.15, -0.1) is 0 Å². The van der Waals surface area contributed by atoms with E-state index in [4.69, 9.17) is 32.7 Å². The van der Waals surface area contributed by atoms with E-state index in [1.165, 1.54) is 0 Å². The Hall–Kier alpha value is -2.28. The SMILES string of the molecule is CC(Oc1ccc(Cl)cc1Cl)C(=O)Nc1ccc(CC(=O)N2CCOCC2)cc1. The first kappa shape index (κ1) is 21.4. The molecule has 1 N–H and O–H groups in total. The van der Waals surface area contributed by atoms with Gasteiger partial charge < -0.3 is 19.7 Å². The number of hydrogen-bond acceptors (Lipinski definition) is 4. The van der Waals surface area contributed by atoms with Crippen molar-refractivity contribution >= 4 is 40.7 Å². The normalized spacial score (nSPS) is 14.9. The maximum Gasteiger partial charge on any atom is 0.265 e. The number of halogens is 2. The summed E-state index contributed by atoms with van der Waals surface area (Å²) in [6.45, 7) is 4.05. The van der Waals surface area contributed by atoms with Gasteiger partial charge >= 0.3 is 0 Å². The molecule has 2 aromatic carbocycles. The van der Waals surface area contributed by atoms with Crippen LogP contribution in [0, 0.1) is 0 Å². The predicted molar refractivity (Wildman–Crippen MR) is 113 cm³/mol. The standard InChI is InChI=1S/C21H22Cl2N2O4/c1-14(29-19-7-4-16(22)13-18(19)23)21(27)24-17-5-2-15(3-6-17)12-20(26)25-8-10-28-11-9-25/h2-7,13-14H,8-12H2,1H3,(H,24,27). The summed E-state index contributed by atoms with van der Waals surface area (Å²) >= 11 is 11.9. The molecular weight excluding hydrogens is 415 g/mol. The van der Waals surface area contributed by atoms with Crippen LogP contribution in [0.2, 0.25) is 10.0 Å². The number of nitrogens with one attached hydrogen (secondary N) is 1. The van der Waals surface area contributed by atoms with Gasteiger partial charge in [-0.05, 0) is 42.8 Å². The lowest BCUT2D eigenvalue weighted by Gasteiger charge is -2.26. The fraction of sp³-hybridized carbons (Fsp3) is 0.333. The zero-order chi connectivity index (χ0) is 20.8. The van der Waals surface area contributed by atoms with Crippen molar-refractivity contribution < 1.29 is 19.1 Å². The van der Waals surface area contributed by atoms with Gasteiger partial charge in [0.1, 0.15) is 5.75 Å². The molecule has 8 heteroatoms. The largest absolute Gasteiger partial charge is 0.479 e. The minimum absolute atomic E-state index is 0.0759. The van der Waals surface area contributed by atoms with E-state index < -0.39 is 6.10 Å². The highest BCUT2D eigenvalue weighted by Crippen LogP contribution is 2.28. The molecule has 1 atom stereocenters. The van der Waals surface area contributed by atoms with Crippen LogP contribution in [-0.2, 0) is 20.7 Å². The Morgan fingerprint density at radius 2 is 1.83 bits per heavy atom. The summed E-state index contributed by atoms with van der Waals surface area (Å²) in [5.74, 6) is 0.149. The van der Waals surface area contributed by atoms with E-state index in [9.17, 15) is 9.59 Å². The Morgan fingerprint density at radius 3 is 2.48 bits per heavy atom. The fourth-order valence-electron chi connectivity index (χ4n) is 2.86. The van der Waals surface area contributed by atoms with E-state index in [1.807, 2.05) is 12.1 Å². The summed E-state index contributed by atoms with van der Waals surface area (Å²) in [6.07, 6.45) is -0.431. The predicted octanol–water partition coefficient (Wildman–Crippen LogP) is 3.80. The summed E-state index contributed by atoms with van der Waals surface area (Å²) in [5.41, 5.74) is 1.51. The van der Waals surface area contributed by atoms with Crippen LogP contribution in [0.4, 0.5) is 5.69 Å². The van der Waals surface area contributed by atoms with Crippen molar-refractivity contribution in [3.63, 3.8) is 0 Å². The zero-order valence-corrected chi connectivity index (χ0v) is 17.5. The van der Waals surface area contributed by atoms with Crippen LogP contribution in [0.3, 0.4) is 0 Å². The number of amides is 2. The lowest BCUT2D eigenvalue weighted by Crippen LogP contribution is -2.41. The molecule has 6 nitrogen and oxygen atoms in total. The molecule has 2 amide bonds. The molecule has 1 fully saturated rings. The van der Waals surface area contributed by atoms with Crippen LogP contribution >= 0.6 is 23.2 Å². The Labute approximate surface area is 179 Å². The van der Waals surface area contributed by atoms with Crippen LogP contribution in [-0.4, -0.2) is 49.1 Å². The molecule has 0 radical (unpaired) electrons. The second-order valence-corrected chi connectivity index (χ2v) is 7.53. The maximum atomic E-state index is 12.4. The van der Waals surface area contributed by atoms with Gasteiger partial charge in [-0.1, -0.05) is 35.3 Å². The van der Waals surface area contributed by atoms with E-state index in [-0.39, 0.29) is 11.8 Å². The van der Waals surface area contributed by atoms with E-state index in [1.54, 1.807) is 42.2 Å². The number of ether oxygens (including phenoxy) is 2. The highest BCUT2D eigenvalue weighted by molar-refractivity contribution is 6.35. The van der Waals surface area contributed by atoms with E-state index in [0.717, 1.165) is 5.56 Å². The Bertz CT molecular complexity index is 867. The van der Waals surface area contributed by atoms with Crippen LogP contribution in [0.1, 0.15) is 12.5 Å². The average Bonchev–Trinajstić information content (AvgIpc) is 2.72. The van der Waals surface area contributed by atoms with Gasteiger partial charge in [-0.25, -0.2) is 0 Å². The van der Waals surface area contributed by atoms with Crippen LogP contribution in [0.5, 0.6) is 5.75 Å². The Morgan fingerprint density at radius 1 is 1.14 bits per heavy atom. The van der Waals surface area contributed by atoms with Gasteiger partial charge in [0.25, 0.3) is 5.91 Å². The highest BCUT2D eigenvalue weighted by atomic mass is 35.5. The molecule has 0 bridgehead atoms. The Balaban J connectivity index is 1.53. The van der Waals surface area contributed by atoms with Crippen molar-refractivity contribution in [3.8, 4) is 5.75 Å². The molecular formula is C21H22Cl2N2O4. The van der Waals surface area contributed by atoms with Crippen LogP contribution in [0.15, 0.2) is 42.5 Å². The van der Waals surface area contributed by atoms with Gasteiger partial charge in [0, 0.05) is 23.8 Å². The smallest absolute Gasteiger partial charge is 0.265 e. The van der Waals surface area contributed by atoms with Gasteiger partial charge in [-0.3, -0.25) is 9.59 Å². The molecule has 1 saturated heterocycles. The molecule has 0 saturated carbocycles. The summed E-state index contributed by atoms with van der Waals surface area (Å²) in [4.78, 5) is 26.5. The van der Waals surface area contributed by atoms with E-state index >= 15 is 0 Å². The number of morpholine rings is 1. The molecule has 1 aliphatic rings. The average molecular weight is 437 g/mol. The molecule has 3 rings (SSSR count). The van der Waals surface area contributed by atoms with Gasteiger partial charge in [0.05, 0.1) is 24.7 Å². The third-order valence-corrected chi connectivity index (χ3v) is 5.04. The molecule has 2 aromatic rings. The number of carbonyl (C=O) groups is 2. The van der Waals surface area contributed by atoms with Crippen molar-refractivity contribution in [1.29, 1.82) is 0 Å². The van der Waals surface area contributed by atoms with Crippen molar-refractivity contribution in [3.05, 3.63) is 58.1 Å². The van der Waals surface area contributed by atoms with Crippen molar-refractivity contribution in [1.82, 2.24) is 4.90 Å². The first-order valence-corrected chi connectivity index (χ1v) is 10.0. The monoisotopic (exact) mass is 436 g/mol. The lowest BCUT2D eigenvalue weighted by atomic mass is 10.1. The maximum absolute atomic E-state index is 12.4. The third-order valence-electron chi connectivity index (χ3n) is 4.51. The van der Waals surface area contributed by atoms with Crippen molar-refractivity contribution in [2.75, 3.05) is 31.6 Å². The first-order valence-electron chi connectivity index (χ1n) is 9.29. The summed E-state index contributed by atoms with van der Waals surface area (Å²) in [7, 11) is 0. The number of rotatable bonds is 6. The molecule has 0 aromatic heterocycles. The number of anilines is 1. The molecule has 0 aliphatic carbocycles. The van der Waals surface area contributed by atoms with Crippen LogP contribution in [0.25, 0.3) is 0 Å². The first-order chi connectivity index (χ1) is 13.9. The molecule has 154 valence electrons. The minimum atomic E-state index is -0.753. The highest BCUT2D eigenvalue weighted by Gasteiger charge is 2.18. The molecule has 1 aliphatic heterocycles. The second kappa shape index (κ2) is 9.96. The van der Waals surface area contributed by atoms with Crippen molar-refractivity contribution in [2.24, 2.45) is 0 Å². The van der Waals surface area contributed by atoms with Gasteiger partial charge in [0.15, 0.2) is 6.10 Å². The van der Waals surface area contributed by atoms with Crippen molar-refractivity contribution in [2.45, 2.75) is 19.4 Å². The minimum Gasteiger partial charge on any atom is -0.479 e. The summed E-state index contributed by atoms with van der Waals surface area (Å²) < 4.78 is 10.9. The van der Waals surface area contributed by atoms with E-state index in [0.29, 0.717) is 54.2 Å². The Kier molecular flexibility index (Phi) is 7.36. The number of nitrogens with zero attached hydrogens (tertiary/aromatic N) is 1. The van der Waals surface area contributed by atoms with E-state index in [2.05, 4.69) is 5.32 Å². The third kappa shape index (κ3) is 6.10. The quantitative estimate of drug-likeness (QED) is 0.747. The van der Waals surface area contributed by atoms with Gasteiger partial charge in [-0.2, -0.15) is 0 Å². The topological polar surface area (TPSA) is 67.9 Å².